The van der Waals surface area contributed by atoms with Crippen LogP contribution in [0.3, 0.4) is 0 Å². The Morgan fingerprint density at radius 1 is 1.19 bits per heavy atom. The summed E-state index contributed by atoms with van der Waals surface area (Å²) in [6.07, 6.45) is 0.234. The summed E-state index contributed by atoms with van der Waals surface area (Å²) < 4.78 is 58.6. The lowest BCUT2D eigenvalue weighted by atomic mass is 10.2. The number of amides is 1. The second-order valence-corrected chi connectivity index (χ2v) is 8.48. The van der Waals surface area contributed by atoms with E-state index >= 15 is 0 Å². The third kappa shape index (κ3) is 5.21. The number of carbonyl (C=O) groups excluding carboxylic acids is 1. The second-order valence-electron chi connectivity index (χ2n) is 6.58. The minimum atomic E-state index is -4.14. The Labute approximate surface area is 152 Å². The van der Waals surface area contributed by atoms with Gasteiger partial charge in [0.15, 0.2) is 0 Å². The first kappa shape index (κ1) is 20.7. The van der Waals surface area contributed by atoms with Crippen molar-refractivity contribution in [2.75, 3.05) is 39.4 Å². The molecule has 0 radical (unpaired) electrons. The SMILES string of the molecule is CC(C)COCCC(=O)N1CCN(S(=O)(=O)c2cc(F)ccc2F)CC1. The normalized spacial score (nSPS) is 16.3. The maximum absolute atomic E-state index is 13.8. The van der Waals surface area contributed by atoms with Gasteiger partial charge in [-0.2, -0.15) is 4.31 Å². The molecular weight excluding hydrogens is 366 g/mol. The fourth-order valence-electron chi connectivity index (χ4n) is 2.63. The van der Waals surface area contributed by atoms with Crippen LogP contribution in [0.25, 0.3) is 0 Å². The zero-order valence-corrected chi connectivity index (χ0v) is 15.8. The van der Waals surface area contributed by atoms with E-state index in [0.717, 1.165) is 16.4 Å². The molecule has 146 valence electrons. The number of carbonyl (C=O) groups is 1. The Balaban J connectivity index is 1.91. The molecule has 1 heterocycles. The number of hydrogen-bond acceptors (Lipinski definition) is 4. The van der Waals surface area contributed by atoms with Gasteiger partial charge in [0, 0.05) is 32.8 Å². The molecule has 0 bridgehead atoms. The molecule has 0 N–H and O–H groups in total. The van der Waals surface area contributed by atoms with Gasteiger partial charge in [0.1, 0.15) is 16.5 Å². The Morgan fingerprint density at radius 2 is 1.85 bits per heavy atom. The highest BCUT2D eigenvalue weighted by Gasteiger charge is 2.32. The molecule has 0 saturated carbocycles. The van der Waals surface area contributed by atoms with Gasteiger partial charge in [-0.25, -0.2) is 17.2 Å². The average molecular weight is 390 g/mol. The summed E-state index contributed by atoms with van der Waals surface area (Å²) in [5.41, 5.74) is 0. The van der Waals surface area contributed by atoms with Crippen molar-refractivity contribution < 1.29 is 26.7 Å². The Morgan fingerprint density at radius 3 is 2.46 bits per heavy atom. The highest BCUT2D eigenvalue weighted by molar-refractivity contribution is 7.89. The average Bonchev–Trinajstić information content (AvgIpc) is 2.60. The van der Waals surface area contributed by atoms with Crippen LogP contribution in [0.4, 0.5) is 8.78 Å². The molecule has 1 amide bonds. The lowest BCUT2D eigenvalue weighted by molar-refractivity contribution is -0.133. The maximum atomic E-state index is 13.8. The molecule has 26 heavy (non-hydrogen) atoms. The topological polar surface area (TPSA) is 66.9 Å². The molecule has 1 saturated heterocycles. The molecule has 1 aliphatic heterocycles. The summed E-state index contributed by atoms with van der Waals surface area (Å²) in [6.45, 7) is 5.43. The molecule has 0 atom stereocenters. The molecule has 0 aromatic heterocycles. The van der Waals surface area contributed by atoms with Crippen molar-refractivity contribution in [1.29, 1.82) is 0 Å². The van der Waals surface area contributed by atoms with E-state index in [2.05, 4.69) is 0 Å². The molecule has 1 aromatic carbocycles. The van der Waals surface area contributed by atoms with Crippen LogP contribution in [0.5, 0.6) is 0 Å². The van der Waals surface area contributed by atoms with Gasteiger partial charge < -0.3 is 9.64 Å². The van der Waals surface area contributed by atoms with E-state index in [0.29, 0.717) is 25.2 Å². The van der Waals surface area contributed by atoms with Gasteiger partial charge in [-0.3, -0.25) is 4.79 Å². The lowest BCUT2D eigenvalue weighted by Crippen LogP contribution is -2.50. The van der Waals surface area contributed by atoms with Crippen molar-refractivity contribution in [3.05, 3.63) is 29.8 Å². The van der Waals surface area contributed by atoms with Crippen LogP contribution in [-0.4, -0.2) is 62.9 Å². The van der Waals surface area contributed by atoms with Gasteiger partial charge in [0.05, 0.1) is 13.0 Å². The molecule has 0 unspecified atom stereocenters. The zero-order chi connectivity index (χ0) is 19.3. The number of nitrogens with zero attached hydrogens (tertiary/aromatic N) is 2. The van der Waals surface area contributed by atoms with Crippen LogP contribution in [0, 0.1) is 17.6 Å². The van der Waals surface area contributed by atoms with Crippen molar-refractivity contribution in [3.8, 4) is 0 Å². The predicted molar refractivity (Wildman–Crippen MR) is 92.0 cm³/mol. The highest BCUT2D eigenvalue weighted by Crippen LogP contribution is 2.21. The van der Waals surface area contributed by atoms with Crippen molar-refractivity contribution in [2.24, 2.45) is 5.92 Å². The predicted octanol–water partition coefficient (Wildman–Crippen LogP) is 1.86. The van der Waals surface area contributed by atoms with E-state index in [1.165, 1.54) is 0 Å². The van der Waals surface area contributed by atoms with Crippen LogP contribution in [-0.2, 0) is 19.6 Å². The minimum absolute atomic E-state index is 0.0386. The minimum Gasteiger partial charge on any atom is -0.381 e. The van der Waals surface area contributed by atoms with E-state index in [4.69, 9.17) is 4.74 Å². The molecule has 1 fully saturated rings. The first-order chi connectivity index (χ1) is 12.2. The third-order valence-corrected chi connectivity index (χ3v) is 5.93. The summed E-state index contributed by atoms with van der Waals surface area (Å²) >= 11 is 0. The lowest BCUT2D eigenvalue weighted by Gasteiger charge is -2.34. The summed E-state index contributed by atoms with van der Waals surface area (Å²) in [4.78, 5) is 13.0. The summed E-state index contributed by atoms with van der Waals surface area (Å²) in [6, 6.07) is 2.33. The number of sulfonamides is 1. The van der Waals surface area contributed by atoms with Crippen LogP contribution in [0.15, 0.2) is 23.1 Å². The highest BCUT2D eigenvalue weighted by atomic mass is 32.2. The van der Waals surface area contributed by atoms with Crippen molar-refractivity contribution in [3.63, 3.8) is 0 Å². The molecule has 6 nitrogen and oxygen atoms in total. The Bertz CT molecular complexity index is 732. The van der Waals surface area contributed by atoms with Crippen LogP contribution in [0.1, 0.15) is 20.3 Å². The molecule has 1 aromatic rings. The molecular formula is C17H24F2N2O4S. The van der Waals surface area contributed by atoms with Crippen LogP contribution >= 0.6 is 0 Å². The van der Waals surface area contributed by atoms with E-state index in [9.17, 15) is 22.0 Å². The van der Waals surface area contributed by atoms with Crippen molar-refractivity contribution in [1.82, 2.24) is 9.21 Å². The molecule has 1 aliphatic rings. The quantitative estimate of drug-likeness (QED) is 0.667. The van der Waals surface area contributed by atoms with Gasteiger partial charge in [-0.15, -0.1) is 0 Å². The standard InChI is InChI=1S/C17H24F2N2O4S/c1-13(2)12-25-10-5-17(22)20-6-8-21(9-7-20)26(23,24)16-11-14(18)3-4-15(16)19/h3-4,11,13H,5-10,12H2,1-2H3. The van der Waals surface area contributed by atoms with E-state index in [-0.39, 0.29) is 38.5 Å². The monoisotopic (exact) mass is 390 g/mol. The number of ether oxygens (including phenoxy) is 1. The van der Waals surface area contributed by atoms with Gasteiger partial charge in [0.2, 0.25) is 15.9 Å². The zero-order valence-electron chi connectivity index (χ0n) is 15.0. The number of benzene rings is 1. The number of piperazine rings is 1. The molecule has 2 rings (SSSR count). The van der Waals surface area contributed by atoms with E-state index in [1.807, 2.05) is 13.8 Å². The fraction of sp³-hybridized carbons (Fsp3) is 0.588. The maximum Gasteiger partial charge on any atom is 0.246 e. The van der Waals surface area contributed by atoms with Crippen molar-refractivity contribution in [2.45, 2.75) is 25.2 Å². The second kappa shape index (κ2) is 8.88. The molecule has 0 aliphatic carbocycles. The number of halogens is 2. The Kier molecular flexibility index (Phi) is 7.08. The smallest absolute Gasteiger partial charge is 0.246 e. The number of rotatable bonds is 7. The van der Waals surface area contributed by atoms with Gasteiger partial charge >= 0.3 is 0 Å². The van der Waals surface area contributed by atoms with Gasteiger partial charge in [-0.1, -0.05) is 13.8 Å². The van der Waals surface area contributed by atoms with E-state index in [1.54, 1.807) is 4.90 Å². The van der Waals surface area contributed by atoms with Gasteiger partial charge in [0.25, 0.3) is 0 Å². The van der Waals surface area contributed by atoms with Gasteiger partial charge in [-0.05, 0) is 24.1 Å². The Hall–Kier alpha value is -1.58. The molecule has 9 heteroatoms. The van der Waals surface area contributed by atoms with E-state index < -0.39 is 26.6 Å². The number of hydrogen-bond donors (Lipinski definition) is 0. The summed E-state index contributed by atoms with van der Waals surface area (Å²) in [7, 11) is -4.14. The largest absolute Gasteiger partial charge is 0.381 e. The van der Waals surface area contributed by atoms with Crippen molar-refractivity contribution >= 4 is 15.9 Å². The van der Waals surface area contributed by atoms with Crippen LogP contribution < -0.4 is 0 Å². The molecule has 0 spiro atoms. The van der Waals surface area contributed by atoms with Crippen LogP contribution in [0.2, 0.25) is 0 Å². The summed E-state index contributed by atoms with van der Waals surface area (Å²) in [5, 5.41) is 0. The summed E-state index contributed by atoms with van der Waals surface area (Å²) in [5.74, 6) is -1.53. The third-order valence-electron chi connectivity index (χ3n) is 4.01. The fourth-order valence-corrected chi connectivity index (χ4v) is 4.13. The first-order valence-electron chi connectivity index (χ1n) is 8.52. The first-order valence-corrected chi connectivity index (χ1v) is 9.96.